The zero-order valence-electron chi connectivity index (χ0n) is 23.9. The predicted octanol–water partition coefficient (Wildman–Crippen LogP) is 5.43. The molecule has 5 rings (SSSR count). The second kappa shape index (κ2) is 12.9. The zero-order chi connectivity index (χ0) is 30.8. The van der Waals surface area contributed by atoms with Crippen LogP contribution in [-0.4, -0.2) is 74.7 Å². The van der Waals surface area contributed by atoms with Crippen LogP contribution in [-0.2, 0) is 20.9 Å². The number of amides is 4. The molecule has 2 fully saturated rings. The molecule has 2 atom stereocenters. The lowest BCUT2D eigenvalue weighted by atomic mass is 9.97. The van der Waals surface area contributed by atoms with Crippen LogP contribution in [0.5, 0.6) is 5.75 Å². The number of ether oxygens (including phenoxy) is 2. The fourth-order valence-corrected chi connectivity index (χ4v) is 5.90. The fourth-order valence-electron chi connectivity index (χ4n) is 5.29. The molecule has 2 aliphatic heterocycles. The third kappa shape index (κ3) is 6.19. The van der Waals surface area contributed by atoms with Crippen molar-refractivity contribution in [3.05, 3.63) is 70.0 Å². The van der Waals surface area contributed by atoms with Gasteiger partial charge in [-0.3, -0.25) is 14.5 Å². The number of halogens is 3. The molecule has 2 aliphatic rings. The normalized spacial score (nSPS) is 18.7. The molecule has 2 saturated heterocycles. The predicted molar refractivity (Wildman–Crippen MR) is 163 cm³/mol. The standard InChI is InChI=1S/C31H31Cl2FN4O5/c1-37-15-23(30(40)38(2)31(37)41)29(39)36-25-9-5-8-21(28(25)33)20-7-4-6-19(27(20)32)17-12-24(34)22(26(13-17)42-3)14-35-18-10-11-43-16-18/h4-9,12-13,18,23,35H,10-11,14-16H2,1-3H3,(H,36,39)/t18-,23?/m0/s1. The first kappa shape index (κ1) is 30.7. The lowest BCUT2D eigenvalue weighted by Gasteiger charge is -2.33. The number of urea groups is 1. The van der Waals surface area contributed by atoms with E-state index in [0.29, 0.717) is 58.3 Å². The smallest absolute Gasteiger partial charge is 0.326 e. The highest BCUT2D eigenvalue weighted by molar-refractivity contribution is 6.39. The summed E-state index contributed by atoms with van der Waals surface area (Å²) in [6.45, 7) is 1.51. The van der Waals surface area contributed by atoms with E-state index in [1.807, 2.05) is 0 Å². The molecule has 1 unspecified atom stereocenters. The number of imide groups is 1. The van der Waals surface area contributed by atoms with Crippen LogP contribution < -0.4 is 15.4 Å². The molecule has 12 heteroatoms. The molecule has 0 bridgehead atoms. The van der Waals surface area contributed by atoms with Crippen LogP contribution in [0.4, 0.5) is 14.9 Å². The topological polar surface area (TPSA) is 100 Å². The Balaban J connectivity index is 1.42. The van der Waals surface area contributed by atoms with Gasteiger partial charge in [-0.05, 0) is 30.2 Å². The highest BCUT2D eigenvalue weighted by Gasteiger charge is 2.39. The number of nitrogens with one attached hydrogen (secondary N) is 2. The average molecular weight is 630 g/mol. The van der Waals surface area contributed by atoms with Crippen molar-refractivity contribution < 1.29 is 28.2 Å². The van der Waals surface area contributed by atoms with Crippen LogP contribution in [0, 0.1) is 11.7 Å². The highest BCUT2D eigenvalue weighted by atomic mass is 35.5. The van der Waals surface area contributed by atoms with E-state index in [0.717, 1.165) is 11.3 Å². The number of rotatable bonds is 8. The molecule has 0 aromatic heterocycles. The second-order valence-corrected chi connectivity index (χ2v) is 11.3. The Labute approximate surface area is 258 Å². The summed E-state index contributed by atoms with van der Waals surface area (Å²) in [5, 5.41) is 6.57. The van der Waals surface area contributed by atoms with Gasteiger partial charge in [0.15, 0.2) is 0 Å². The fraction of sp³-hybridized carbons (Fsp3) is 0.323. The molecule has 0 saturated carbocycles. The van der Waals surface area contributed by atoms with Crippen LogP contribution >= 0.6 is 23.2 Å². The van der Waals surface area contributed by atoms with Gasteiger partial charge in [-0.15, -0.1) is 0 Å². The van der Waals surface area contributed by atoms with Crippen LogP contribution in [0.2, 0.25) is 10.0 Å². The molecule has 9 nitrogen and oxygen atoms in total. The number of methoxy groups -OCH3 is 1. The third-order valence-corrected chi connectivity index (χ3v) is 8.56. The van der Waals surface area contributed by atoms with Gasteiger partial charge in [0.2, 0.25) is 11.8 Å². The van der Waals surface area contributed by atoms with Crippen molar-refractivity contribution in [2.45, 2.75) is 19.0 Å². The van der Waals surface area contributed by atoms with Crippen LogP contribution in [0.1, 0.15) is 12.0 Å². The molecule has 3 aromatic rings. The van der Waals surface area contributed by atoms with E-state index in [4.69, 9.17) is 32.7 Å². The minimum atomic E-state index is -1.09. The average Bonchev–Trinajstić information content (AvgIpc) is 3.52. The summed E-state index contributed by atoms with van der Waals surface area (Å²) in [6.07, 6.45) is 0.867. The van der Waals surface area contributed by atoms with E-state index in [1.165, 1.54) is 32.2 Å². The number of hydrogen-bond donors (Lipinski definition) is 2. The Morgan fingerprint density at radius 3 is 2.47 bits per heavy atom. The Bertz CT molecular complexity index is 1580. The van der Waals surface area contributed by atoms with Crippen molar-refractivity contribution in [2.24, 2.45) is 5.92 Å². The number of anilines is 1. The molecule has 4 amide bonds. The van der Waals surface area contributed by atoms with Crippen molar-refractivity contribution in [1.29, 1.82) is 0 Å². The number of hydrogen-bond acceptors (Lipinski definition) is 6. The van der Waals surface area contributed by atoms with Gasteiger partial charge in [0.05, 0.1) is 29.4 Å². The van der Waals surface area contributed by atoms with Crippen molar-refractivity contribution in [3.8, 4) is 28.0 Å². The SMILES string of the molecule is COc1cc(-c2cccc(-c3cccc(NC(=O)C4CN(C)C(=O)N(C)C4=O)c3Cl)c2Cl)cc(F)c1CN[C@H]1CCOC1. The van der Waals surface area contributed by atoms with Crippen molar-refractivity contribution >= 4 is 46.7 Å². The van der Waals surface area contributed by atoms with Crippen molar-refractivity contribution in [2.75, 3.05) is 46.3 Å². The maximum Gasteiger partial charge on any atom is 0.326 e. The minimum absolute atomic E-state index is 0.0527. The minimum Gasteiger partial charge on any atom is -0.496 e. The van der Waals surface area contributed by atoms with E-state index in [1.54, 1.807) is 42.5 Å². The lowest BCUT2D eigenvalue weighted by Crippen LogP contribution is -2.56. The highest BCUT2D eigenvalue weighted by Crippen LogP contribution is 2.42. The first-order valence-corrected chi connectivity index (χ1v) is 14.4. The van der Waals surface area contributed by atoms with Gasteiger partial charge >= 0.3 is 6.03 Å². The zero-order valence-corrected chi connectivity index (χ0v) is 25.4. The first-order valence-electron chi connectivity index (χ1n) is 13.7. The Morgan fingerprint density at radius 2 is 1.77 bits per heavy atom. The van der Waals surface area contributed by atoms with E-state index in [2.05, 4.69) is 10.6 Å². The lowest BCUT2D eigenvalue weighted by molar-refractivity contribution is -0.140. The van der Waals surface area contributed by atoms with E-state index < -0.39 is 29.6 Å². The Kier molecular flexibility index (Phi) is 9.22. The first-order chi connectivity index (χ1) is 20.6. The van der Waals surface area contributed by atoms with Gasteiger partial charge in [-0.2, -0.15) is 0 Å². The number of benzene rings is 3. The molecule has 2 N–H and O–H groups in total. The summed E-state index contributed by atoms with van der Waals surface area (Å²) in [4.78, 5) is 40.0. The van der Waals surface area contributed by atoms with Crippen molar-refractivity contribution in [3.63, 3.8) is 0 Å². The molecular weight excluding hydrogens is 598 g/mol. The molecule has 43 heavy (non-hydrogen) atoms. The maximum atomic E-state index is 15.4. The largest absolute Gasteiger partial charge is 0.496 e. The third-order valence-electron chi connectivity index (χ3n) is 7.74. The van der Waals surface area contributed by atoms with Crippen molar-refractivity contribution in [1.82, 2.24) is 15.1 Å². The van der Waals surface area contributed by atoms with Gasteiger partial charge < -0.3 is 25.0 Å². The molecule has 0 spiro atoms. The number of nitrogens with zero attached hydrogens (tertiary/aromatic N) is 2. The summed E-state index contributed by atoms with van der Waals surface area (Å²) in [6, 6.07) is 13.2. The van der Waals surface area contributed by atoms with Crippen LogP contribution in [0.15, 0.2) is 48.5 Å². The van der Waals surface area contributed by atoms with E-state index in [9.17, 15) is 14.4 Å². The quantitative estimate of drug-likeness (QED) is 0.323. The van der Waals surface area contributed by atoms with Gasteiger partial charge in [0.1, 0.15) is 17.5 Å². The van der Waals surface area contributed by atoms with Crippen LogP contribution in [0.3, 0.4) is 0 Å². The summed E-state index contributed by atoms with van der Waals surface area (Å²) in [5.74, 6) is -2.32. The molecule has 2 heterocycles. The van der Waals surface area contributed by atoms with Gasteiger partial charge in [-0.25, -0.2) is 9.18 Å². The Morgan fingerprint density at radius 1 is 1.07 bits per heavy atom. The molecule has 0 aliphatic carbocycles. The molecule has 226 valence electrons. The molecule has 0 radical (unpaired) electrons. The van der Waals surface area contributed by atoms with Gasteiger partial charge in [0.25, 0.3) is 0 Å². The van der Waals surface area contributed by atoms with Gasteiger partial charge in [0, 0.05) is 62.1 Å². The Hall–Kier alpha value is -3.70. The molecular formula is C31H31Cl2FN4O5. The summed E-state index contributed by atoms with van der Waals surface area (Å²) in [7, 11) is 4.35. The van der Waals surface area contributed by atoms with E-state index >= 15 is 4.39 Å². The summed E-state index contributed by atoms with van der Waals surface area (Å²) in [5.41, 5.74) is 2.86. The molecule has 3 aromatic carbocycles. The van der Waals surface area contributed by atoms with Gasteiger partial charge in [-0.1, -0.05) is 53.5 Å². The maximum absolute atomic E-state index is 15.4. The number of carbonyl (C=O) groups excluding carboxylic acids is 3. The monoisotopic (exact) mass is 628 g/mol. The summed E-state index contributed by atoms with van der Waals surface area (Å²) >= 11 is 13.7. The van der Waals surface area contributed by atoms with Crippen LogP contribution in [0.25, 0.3) is 22.3 Å². The number of carbonyl (C=O) groups is 3. The van der Waals surface area contributed by atoms with E-state index in [-0.39, 0.29) is 23.3 Å². The summed E-state index contributed by atoms with van der Waals surface area (Å²) < 4.78 is 26.3. The second-order valence-electron chi connectivity index (χ2n) is 10.5.